The predicted molar refractivity (Wildman–Crippen MR) is 72.1 cm³/mol. The molecule has 1 saturated heterocycles. The lowest BCUT2D eigenvalue weighted by molar-refractivity contribution is 0.229. The lowest BCUT2D eigenvalue weighted by Crippen LogP contribution is -2.35. The second-order valence-corrected chi connectivity index (χ2v) is 4.93. The number of aromatic nitrogens is 1. The molecule has 0 spiro atoms. The van der Waals surface area contributed by atoms with Crippen LogP contribution in [-0.4, -0.2) is 35.6 Å². The number of rotatable bonds is 6. The van der Waals surface area contributed by atoms with Gasteiger partial charge < -0.3 is 14.8 Å². The summed E-state index contributed by atoms with van der Waals surface area (Å²) in [5.41, 5.74) is 1.39. The molecule has 0 amide bonds. The maximum absolute atomic E-state index is 3.53. The third-order valence-corrected chi connectivity index (χ3v) is 3.56. The number of piperidine rings is 1. The Hall–Kier alpha value is -0.800. The Morgan fingerprint density at radius 3 is 2.76 bits per heavy atom. The van der Waals surface area contributed by atoms with Gasteiger partial charge in [-0.05, 0) is 44.5 Å². The summed E-state index contributed by atoms with van der Waals surface area (Å²) in [5, 5.41) is 3.53. The monoisotopic (exact) mass is 235 g/mol. The quantitative estimate of drug-likeness (QED) is 0.762. The van der Waals surface area contributed by atoms with Gasteiger partial charge in [-0.3, -0.25) is 0 Å². The Morgan fingerprint density at radius 2 is 2.06 bits per heavy atom. The zero-order valence-electron chi connectivity index (χ0n) is 11.0. The van der Waals surface area contributed by atoms with Crippen molar-refractivity contribution < 1.29 is 0 Å². The third kappa shape index (κ3) is 4.17. The summed E-state index contributed by atoms with van der Waals surface area (Å²) in [4.78, 5) is 2.58. The average Bonchev–Trinajstić information content (AvgIpc) is 2.84. The molecule has 0 unspecified atom stereocenters. The van der Waals surface area contributed by atoms with Crippen LogP contribution in [0.25, 0.3) is 0 Å². The Balaban J connectivity index is 1.59. The fourth-order valence-corrected chi connectivity index (χ4v) is 2.44. The first-order valence-corrected chi connectivity index (χ1v) is 6.96. The van der Waals surface area contributed by atoms with Gasteiger partial charge in [0, 0.05) is 38.6 Å². The van der Waals surface area contributed by atoms with Crippen LogP contribution in [0.3, 0.4) is 0 Å². The minimum atomic E-state index is 1.00. The van der Waals surface area contributed by atoms with E-state index in [1.165, 1.54) is 44.5 Å². The normalized spacial score (nSPS) is 17.5. The van der Waals surface area contributed by atoms with Gasteiger partial charge in [0.2, 0.25) is 0 Å². The van der Waals surface area contributed by atoms with Crippen LogP contribution >= 0.6 is 0 Å². The van der Waals surface area contributed by atoms with Crippen molar-refractivity contribution >= 4 is 0 Å². The standard InChI is InChI=1S/C14H25N3/c1-2-16-10-6-14(13-16)12-15-7-11-17-8-4-3-5-9-17/h6,10,13,15H,2-5,7-9,11-12H2,1H3. The molecule has 3 heteroatoms. The number of nitrogens with zero attached hydrogens (tertiary/aromatic N) is 2. The Bertz CT molecular complexity index is 313. The largest absolute Gasteiger partial charge is 0.354 e. The smallest absolute Gasteiger partial charge is 0.0221 e. The van der Waals surface area contributed by atoms with Crippen LogP contribution in [0.2, 0.25) is 0 Å². The Morgan fingerprint density at radius 1 is 1.24 bits per heavy atom. The lowest BCUT2D eigenvalue weighted by Gasteiger charge is -2.26. The summed E-state index contributed by atoms with van der Waals surface area (Å²) in [6.45, 7) is 9.15. The van der Waals surface area contributed by atoms with Crippen LogP contribution in [0.15, 0.2) is 18.5 Å². The van der Waals surface area contributed by atoms with Crippen LogP contribution < -0.4 is 5.32 Å². The highest BCUT2D eigenvalue weighted by atomic mass is 15.1. The van der Waals surface area contributed by atoms with Crippen LogP contribution in [-0.2, 0) is 13.1 Å². The molecule has 17 heavy (non-hydrogen) atoms. The predicted octanol–water partition coefficient (Wildman–Crippen LogP) is 2.08. The molecule has 1 aromatic heterocycles. The van der Waals surface area contributed by atoms with Crippen LogP contribution in [0.5, 0.6) is 0 Å². The molecule has 3 nitrogen and oxygen atoms in total. The molecule has 0 radical (unpaired) electrons. The Kier molecular flexibility index (Phi) is 5.08. The number of aryl methyl sites for hydroxylation is 1. The summed E-state index contributed by atoms with van der Waals surface area (Å²) in [6.07, 6.45) is 8.59. The zero-order valence-corrected chi connectivity index (χ0v) is 11.0. The van der Waals surface area contributed by atoms with E-state index < -0.39 is 0 Å². The zero-order chi connectivity index (χ0) is 11.9. The number of likely N-dealkylation sites (tertiary alicyclic amines) is 1. The molecule has 1 fully saturated rings. The Labute approximate surface area is 105 Å². The van der Waals surface area contributed by atoms with Gasteiger partial charge in [-0.2, -0.15) is 0 Å². The molecule has 0 saturated carbocycles. The van der Waals surface area contributed by atoms with Crippen molar-refractivity contribution in [2.45, 2.75) is 39.3 Å². The van der Waals surface area contributed by atoms with E-state index in [2.05, 4.69) is 40.2 Å². The van der Waals surface area contributed by atoms with Crippen molar-refractivity contribution in [3.63, 3.8) is 0 Å². The SMILES string of the molecule is CCn1ccc(CNCCN2CCCCC2)c1. The van der Waals surface area contributed by atoms with Crippen molar-refractivity contribution in [2.75, 3.05) is 26.2 Å². The van der Waals surface area contributed by atoms with Gasteiger partial charge in [0.1, 0.15) is 0 Å². The second-order valence-electron chi connectivity index (χ2n) is 4.93. The van der Waals surface area contributed by atoms with Gasteiger partial charge in [-0.1, -0.05) is 6.42 Å². The van der Waals surface area contributed by atoms with Gasteiger partial charge in [0.05, 0.1) is 0 Å². The number of nitrogens with one attached hydrogen (secondary N) is 1. The van der Waals surface area contributed by atoms with Crippen molar-refractivity contribution in [3.05, 3.63) is 24.0 Å². The fraction of sp³-hybridized carbons (Fsp3) is 0.714. The molecular weight excluding hydrogens is 210 g/mol. The fourth-order valence-electron chi connectivity index (χ4n) is 2.44. The summed E-state index contributed by atoms with van der Waals surface area (Å²) in [7, 11) is 0. The van der Waals surface area contributed by atoms with Crippen molar-refractivity contribution in [1.82, 2.24) is 14.8 Å². The third-order valence-electron chi connectivity index (χ3n) is 3.56. The summed E-state index contributed by atoms with van der Waals surface area (Å²) >= 11 is 0. The summed E-state index contributed by atoms with van der Waals surface area (Å²) < 4.78 is 2.22. The molecule has 1 N–H and O–H groups in total. The maximum atomic E-state index is 3.53. The molecular formula is C14H25N3. The average molecular weight is 235 g/mol. The van der Waals surface area contributed by atoms with Gasteiger partial charge >= 0.3 is 0 Å². The first-order chi connectivity index (χ1) is 8.38. The van der Waals surface area contributed by atoms with E-state index in [1.807, 2.05) is 0 Å². The highest BCUT2D eigenvalue weighted by molar-refractivity contribution is 5.09. The maximum Gasteiger partial charge on any atom is 0.0221 e. The first-order valence-electron chi connectivity index (χ1n) is 6.96. The molecule has 0 bridgehead atoms. The van der Waals surface area contributed by atoms with E-state index in [-0.39, 0.29) is 0 Å². The lowest BCUT2D eigenvalue weighted by atomic mass is 10.1. The van der Waals surface area contributed by atoms with Gasteiger partial charge in [-0.15, -0.1) is 0 Å². The highest BCUT2D eigenvalue weighted by Gasteiger charge is 2.08. The molecule has 2 heterocycles. The molecule has 1 aromatic rings. The topological polar surface area (TPSA) is 20.2 Å². The van der Waals surface area contributed by atoms with Crippen molar-refractivity contribution in [1.29, 1.82) is 0 Å². The molecule has 1 aliphatic rings. The highest BCUT2D eigenvalue weighted by Crippen LogP contribution is 2.07. The van der Waals surface area contributed by atoms with Crippen molar-refractivity contribution in [2.24, 2.45) is 0 Å². The molecule has 0 aromatic carbocycles. The molecule has 2 rings (SSSR count). The van der Waals surface area contributed by atoms with E-state index in [0.717, 1.165) is 19.6 Å². The first kappa shape index (κ1) is 12.7. The second kappa shape index (κ2) is 6.82. The van der Waals surface area contributed by atoms with Gasteiger partial charge in [0.15, 0.2) is 0 Å². The van der Waals surface area contributed by atoms with Crippen LogP contribution in [0, 0.1) is 0 Å². The molecule has 1 aliphatic heterocycles. The minimum Gasteiger partial charge on any atom is -0.354 e. The van der Waals surface area contributed by atoms with Crippen molar-refractivity contribution in [3.8, 4) is 0 Å². The molecule has 0 aliphatic carbocycles. The van der Waals surface area contributed by atoms with Gasteiger partial charge in [-0.25, -0.2) is 0 Å². The number of hydrogen-bond acceptors (Lipinski definition) is 2. The van der Waals surface area contributed by atoms with E-state index in [0.29, 0.717) is 0 Å². The van der Waals surface area contributed by atoms with E-state index in [1.54, 1.807) is 0 Å². The van der Waals surface area contributed by atoms with E-state index in [9.17, 15) is 0 Å². The van der Waals surface area contributed by atoms with E-state index >= 15 is 0 Å². The number of hydrogen-bond donors (Lipinski definition) is 1. The van der Waals surface area contributed by atoms with Crippen LogP contribution in [0.1, 0.15) is 31.7 Å². The molecule has 0 atom stereocenters. The van der Waals surface area contributed by atoms with Gasteiger partial charge in [0.25, 0.3) is 0 Å². The summed E-state index contributed by atoms with van der Waals surface area (Å²) in [6, 6.07) is 2.21. The minimum absolute atomic E-state index is 1.00. The summed E-state index contributed by atoms with van der Waals surface area (Å²) in [5.74, 6) is 0. The van der Waals surface area contributed by atoms with Crippen LogP contribution in [0.4, 0.5) is 0 Å². The van der Waals surface area contributed by atoms with E-state index in [4.69, 9.17) is 0 Å². The molecule has 96 valence electrons.